The van der Waals surface area contributed by atoms with E-state index in [0.717, 1.165) is 5.56 Å². The standard InChI is InChI=1S/C12H16N2O4/c1-8(13)10(11(15)16)14-12(17)18-7-9-5-3-2-4-6-9/h2-6,8,10H,7,13H2,1H3,(H,14,17)(H,15,16)/t8-,10+/m1/s1. The lowest BCUT2D eigenvalue weighted by atomic mass is 10.1. The Kier molecular flexibility index (Phi) is 5.13. The molecule has 0 unspecified atom stereocenters. The third kappa shape index (κ3) is 4.42. The molecule has 0 saturated heterocycles. The van der Waals surface area contributed by atoms with Crippen molar-refractivity contribution in [1.29, 1.82) is 0 Å². The number of hydrogen-bond acceptors (Lipinski definition) is 4. The molecule has 1 aromatic rings. The lowest BCUT2D eigenvalue weighted by Gasteiger charge is -2.17. The van der Waals surface area contributed by atoms with E-state index >= 15 is 0 Å². The molecule has 4 N–H and O–H groups in total. The number of alkyl carbamates (subject to hydrolysis) is 1. The number of carbonyl (C=O) groups excluding carboxylic acids is 1. The van der Waals surface area contributed by atoms with Crippen LogP contribution in [0.5, 0.6) is 0 Å². The van der Waals surface area contributed by atoms with Gasteiger partial charge in [-0.05, 0) is 12.5 Å². The molecule has 1 amide bonds. The van der Waals surface area contributed by atoms with E-state index in [1.807, 2.05) is 18.2 Å². The molecule has 0 aliphatic carbocycles. The van der Waals surface area contributed by atoms with E-state index in [-0.39, 0.29) is 6.61 Å². The van der Waals surface area contributed by atoms with Crippen molar-refractivity contribution in [3.8, 4) is 0 Å². The van der Waals surface area contributed by atoms with E-state index < -0.39 is 24.1 Å². The molecule has 6 heteroatoms. The van der Waals surface area contributed by atoms with Crippen LogP contribution in [0.4, 0.5) is 4.79 Å². The van der Waals surface area contributed by atoms with E-state index in [1.165, 1.54) is 6.92 Å². The molecule has 0 spiro atoms. The van der Waals surface area contributed by atoms with Gasteiger partial charge in [-0.15, -0.1) is 0 Å². The van der Waals surface area contributed by atoms with Crippen molar-refractivity contribution in [2.75, 3.05) is 0 Å². The smallest absolute Gasteiger partial charge is 0.408 e. The number of carbonyl (C=O) groups is 2. The Morgan fingerprint density at radius 2 is 2.00 bits per heavy atom. The number of carboxylic acid groups (broad SMARTS) is 1. The van der Waals surface area contributed by atoms with Gasteiger partial charge >= 0.3 is 12.1 Å². The van der Waals surface area contributed by atoms with Crippen molar-refractivity contribution in [2.45, 2.75) is 25.6 Å². The van der Waals surface area contributed by atoms with Crippen molar-refractivity contribution in [3.05, 3.63) is 35.9 Å². The summed E-state index contributed by atoms with van der Waals surface area (Å²) in [5, 5.41) is 11.0. The average Bonchev–Trinajstić information content (AvgIpc) is 2.34. The molecule has 0 heterocycles. The summed E-state index contributed by atoms with van der Waals surface area (Å²) < 4.78 is 4.89. The van der Waals surface area contributed by atoms with Gasteiger partial charge < -0.3 is 20.9 Å². The molecule has 0 bridgehead atoms. The van der Waals surface area contributed by atoms with Gasteiger partial charge in [-0.3, -0.25) is 0 Å². The predicted molar refractivity (Wildman–Crippen MR) is 64.8 cm³/mol. The summed E-state index contributed by atoms with van der Waals surface area (Å²) >= 11 is 0. The Hall–Kier alpha value is -2.08. The summed E-state index contributed by atoms with van der Waals surface area (Å²) in [6.45, 7) is 1.58. The fourth-order valence-corrected chi connectivity index (χ4v) is 1.31. The van der Waals surface area contributed by atoms with E-state index in [1.54, 1.807) is 12.1 Å². The molecule has 0 aliphatic heterocycles. The molecule has 6 nitrogen and oxygen atoms in total. The second-order valence-corrected chi connectivity index (χ2v) is 3.88. The van der Waals surface area contributed by atoms with Gasteiger partial charge in [0.25, 0.3) is 0 Å². The van der Waals surface area contributed by atoms with E-state index in [2.05, 4.69) is 5.32 Å². The first kappa shape index (κ1) is 14.0. The summed E-state index contributed by atoms with van der Waals surface area (Å²) in [5.74, 6) is -1.19. The Morgan fingerprint density at radius 3 is 2.50 bits per heavy atom. The van der Waals surface area contributed by atoms with Gasteiger partial charge in [-0.1, -0.05) is 30.3 Å². The summed E-state index contributed by atoms with van der Waals surface area (Å²) in [5.41, 5.74) is 6.26. The molecular weight excluding hydrogens is 236 g/mol. The van der Waals surface area contributed by atoms with Crippen molar-refractivity contribution < 1.29 is 19.4 Å². The Morgan fingerprint density at radius 1 is 1.39 bits per heavy atom. The molecule has 1 aromatic carbocycles. The molecule has 0 aromatic heterocycles. The van der Waals surface area contributed by atoms with Gasteiger partial charge in [0.1, 0.15) is 12.6 Å². The highest BCUT2D eigenvalue weighted by atomic mass is 16.5. The first-order valence-electron chi connectivity index (χ1n) is 5.46. The van der Waals surface area contributed by atoms with Gasteiger partial charge in [0, 0.05) is 6.04 Å². The van der Waals surface area contributed by atoms with Crippen LogP contribution in [0.2, 0.25) is 0 Å². The van der Waals surface area contributed by atoms with E-state index in [0.29, 0.717) is 0 Å². The van der Waals surface area contributed by atoms with Crippen LogP contribution in [0, 0.1) is 0 Å². The third-order valence-electron chi connectivity index (χ3n) is 2.28. The highest BCUT2D eigenvalue weighted by Gasteiger charge is 2.24. The zero-order chi connectivity index (χ0) is 13.5. The number of hydrogen-bond donors (Lipinski definition) is 3. The third-order valence-corrected chi connectivity index (χ3v) is 2.28. The minimum atomic E-state index is -1.19. The Labute approximate surface area is 105 Å². The first-order valence-corrected chi connectivity index (χ1v) is 5.46. The van der Waals surface area contributed by atoms with Gasteiger partial charge in [0.15, 0.2) is 0 Å². The van der Waals surface area contributed by atoms with E-state index in [9.17, 15) is 9.59 Å². The summed E-state index contributed by atoms with van der Waals surface area (Å²) in [6.07, 6.45) is -0.802. The minimum Gasteiger partial charge on any atom is -0.480 e. The number of amides is 1. The van der Waals surface area contributed by atoms with Crippen LogP contribution < -0.4 is 11.1 Å². The van der Waals surface area contributed by atoms with Crippen LogP contribution in [0.3, 0.4) is 0 Å². The molecule has 98 valence electrons. The molecule has 18 heavy (non-hydrogen) atoms. The quantitative estimate of drug-likeness (QED) is 0.716. The predicted octanol–water partition coefficient (Wildman–Crippen LogP) is 0.713. The van der Waals surface area contributed by atoms with Crippen LogP contribution in [-0.4, -0.2) is 29.3 Å². The van der Waals surface area contributed by atoms with Crippen molar-refractivity contribution in [1.82, 2.24) is 5.32 Å². The molecule has 0 aliphatic rings. The van der Waals surface area contributed by atoms with Gasteiger partial charge in [-0.25, -0.2) is 9.59 Å². The maximum Gasteiger partial charge on any atom is 0.408 e. The second kappa shape index (κ2) is 6.61. The zero-order valence-electron chi connectivity index (χ0n) is 10.00. The number of benzene rings is 1. The fourth-order valence-electron chi connectivity index (χ4n) is 1.31. The monoisotopic (exact) mass is 252 g/mol. The first-order chi connectivity index (χ1) is 8.50. The van der Waals surface area contributed by atoms with Crippen LogP contribution >= 0.6 is 0 Å². The van der Waals surface area contributed by atoms with Crippen molar-refractivity contribution >= 4 is 12.1 Å². The van der Waals surface area contributed by atoms with Crippen LogP contribution in [-0.2, 0) is 16.1 Å². The molecule has 0 radical (unpaired) electrons. The highest BCUT2D eigenvalue weighted by Crippen LogP contribution is 2.01. The number of nitrogens with two attached hydrogens (primary N) is 1. The number of rotatable bonds is 5. The summed E-state index contributed by atoms with van der Waals surface area (Å²) in [4.78, 5) is 22.2. The largest absolute Gasteiger partial charge is 0.480 e. The number of carboxylic acids is 1. The van der Waals surface area contributed by atoms with Gasteiger partial charge in [0.05, 0.1) is 0 Å². The maximum absolute atomic E-state index is 11.4. The zero-order valence-corrected chi connectivity index (χ0v) is 10.00. The van der Waals surface area contributed by atoms with Crippen LogP contribution in [0.25, 0.3) is 0 Å². The number of ether oxygens (including phenoxy) is 1. The molecule has 0 saturated carbocycles. The average molecular weight is 252 g/mol. The molecule has 1 rings (SSSR count). The van der Waals surface area contributed by atoms with Crippen molar-refractivity contribution in [3.63, 3.8) is 0 Å². The Balaban J connectivity index is 2.44. The lowest BCUT2D eigenvalue weighted by molar-refractivity contribution is -0.139. The highest BCUT2D eigenvalue weighted by molar-refractivity contribution is 5.80. The van der Waals surface area contributed by atoms with Crippen LogP contribution in [0.1, 0.15) is 12.5 Å². The number of nitrogens with one attached hydrogen (secondary N) is 1. The Bertz CT molecular complexity index is 406. The molecule has 2 atom stereocenters. The molecule has 0 fully saturated rings. The van der Waals surface area contributed by atoms with E-state index in [4.69, 9.17) is 15.6 Å². The number of aliphatic carboxylic acids is 1. The normalized spacial score (nSPS) is 13.4. The van der Waals surface area contributed by atoms with Gasteiger partial charge in [0.2, 0.25) is 0 Å². The fraction of sp³-hybridized carbons (Fsp3) is 0.333. The van der Waals surface area contributed by atoms with Crippen LogP contribution in [0.15, 0.2) is 30.3 Å². The SMILES string of the molecule is C[C@@H](N)[C@H](NC(=O)OCc1ccccc1)C(=O)O. The summed E-state index contributed by atoms with van der Waals surface area (Å²) in [7, 11) is 0. The summed E-state index contributed by atoms with van der Waals surface area (Å²) in [6, 6.07) is 7.22. The molecular formula is C12H16N2O4. The second-order valence-electron chi connectivity index (χ2n) is 3.88. The minimum absolute atomic E-state index is 0.0813. The lowest BCUT2D eigenvalue weighted by Crippen LogP contribution is -2.51. The van der Waals surface area contributed by atoms with Crippen molar-refractivity contribution in [2.24, 2.45) is 5.73 Å². The van der Waals surface area contributed by atoms with Gasteiger partial charge in [-0.2, -0.15) is 0 Å². The maximum atomic E-state index is 11.4. The topological polar surface area (TPSA) is 102 Å².